The standard InChI is InChI=1S/C12H13NO5/c1-17-10-4-3-8(7-9(10)13(15)16)12(5-6-12)11(14)18-2/h3-4,7H,5-6H2,1-2H3. The molecule has 2 rings (SSSR count). The average molecular weight is 251 g/mol. The molecule has 1 aliphatic carbocycles. The van der Waals surface area contributed by atoms with Crippen LogP contribution in [0.2, 0.25) is 0 Å². The molecule has 1 fully saturated rings. The van der Waals surface area contributed by atoms with Crippen molar-refractivity contribution < 1.29 is 19.2 Å². The Balaban J connectivity index is 2.45. The molecule has 1 aromatic rings. The molecule has 0 aliphatic heterocycles. The van der Waals surface area contributed by atoms with Gasteiger partial charge in [0.15, 0.2) is 5.75 Å². The van der Waals surface area contributed by atoms with Gasteiger partial charge in [-0.1, -0.05) is 6.07 Å². The molecule has 0 amide bonds. The van der Waals surface area contributed by atoms with Crippen LogP contribution in [-0.4, -0.2) is 25.1 Å². The molecule has 0 atom stereocenters. The van der Waals surface area contributed by atoms with Crippen molar-refractivity contribution in [3.63, 3.8) is 0 Å². The molecule has 0 heterocycles. The SMILES string of the molecule is COC(=O)C1(c2ccc(OC)c([N+](=O)[O-])c2)CC1. The van der Waals surface area contributed by atoms with Crippen LogP contribution in [0.25, 0.3) is 0 Å². The van der Waals surface area contributed by atoms with Gasteiger partial charge in [-0.2, -0.15) is 0 Å². The van der Waals surface area contributed by atoms with Crippen LogP contribution < -0.4 is 4.74 Å². The molecule has 0 radical (unpaired) electrons. The van der Waals surface area contributed by atoms with E-state index >= 15 is 0 Å². The van der Waals surface area contributed by atoms with Gasteiger partial charge in [0.05, 0.1) is 24.6 Å². The summed E-state index contributed by atoms with van der Waals surface area (Å²) in [5.41, 5.74) is -0.224. The summed E-state index contributed by atoms with van der Waals surface area (Å²) in [6.45, 7) is 0. The number of rotatable bonds is 4. The molecule has 0 spiro atoms. The molecule has 1 aliphatic rings. The number of hydrogen-bond acceptors (Lipinski definition) is 5. The van der Waals surface area contributed by atoms with Crippen LogP contribution in [0, 0.1) is 10.1 Å². The maximum Gasteiger partial charge on any atom is 0.316 e. The van der Waals surface area contributed by atoms with Gasteiger partial charge in [-0.15, -0.1) is 0 Å². The number of esters is 1. The van der Waals surface area contributed by atoms with Crippen LogP contribution in [0.1, 0.15) is 18.4 Å². The van der Waals surface area contributed by atoms with Gasteiger partial charge in [0, 0.05) is 6.07 Å². The Labute approximate surface area is 104 Å². The van der Waals surface area contributed by atoms with Gasteiger partial charge in [-0.25, -0.2) is 0 Å². The molecule has 6 heteroatoms. The number of nitrogens with zero attached hydrogens (tertiary/aromatic N) is 1. The maximum atomic E-state index is 11.7. The summed E-state index contributed by atoms with van der Waals surface area (Å²) >= 11 is 0. The van der Waals surface area contributed by atoms with E-state index in [2.05, 4.69) is 0 Å². The summed E-state index contributed by atoms with van der Waals surface area (Å²) in [5, 5.41) is 10.9. The highest BCUT2D eigenvalue weighted by atomic mass is 16.6. The number of carbonyl (C=O) groups is 1. The van der Waals surface area contributed by atoms with Gasteiger partial charge in [0.1, 0.15) is 0 Å². The second-order valence-corrected chi connectivity index (χ2v) is 4.22. The highest BCUT2D eigenvalue weighted by Gasteiger charge is 2.53. The molecule has 96 valence electrons. The van der Waals surface area contributed by atoms with E-state index in [9.17, 15) is 14.9 Å². The fraction of sp³-hybridized carbons (Fsp3) is 0.417. The summed E-state index contributed by atoms with van der Waals surface area (Å²) < 4.78 is 9.67. The lowest BCUT2D eigenvalue weighted by molar-refractivity contribution is -0.385. The van der Waals surface area contributed by atoms with E-state index in [4.69, 9.17) is 9.47 Å². The lowest BCUT2D eigenvalue weighted by Gasteiger charge is -2.13. The van der Waals surface area contributed by atoms with Crippen molar-refractivity contribution in [2.75, 3.05) is 14.2 Å². The summed E-state index contributed by atoms with van der Waals surface area (Å²) in [5.74, 6) is -0.161. The normalized spacial score (nSPS) is 15.9. The highest BCUT2D eigenvalue weighted by molar-refractivity contribution is 5.87. The van der Waals surface area contributed by atoms with Crippen molar-refractivity contribution in [3.8, 4) is 5.75 Å². The van der Waals surface area contributed by atoms with Crippen molar-refractivity contribution in [2.24, 2.45) is 0 Å². The third kappa shape index (κ3) is 1.79. The first-order valence-corrected chi connectivity index (χ1v) is 5.46. The molecule has 0 unspecified atom stereocenters. The first-order valence-electron chi connectivity index (χ1n) is 5.46. The van der Waals surface area contributed by atoms with Crippen LogP contribution in [0.15, 0.2) is 18.2 Å². The number of nitro benzene ring substituents is 1. The van der Waals surface area contributed by atoms with Gasteiger partial charge in [0.25, 0.3) is 0 Å². The molecular weight excluding hydrogens is 238 g/mol. The van der Waals surface area contributed by atoms with E-state index in [1.54, 1.807) is 6.07 Å². The summed E-state index contributed by atoms with van der Waals surface area (Å²) in [6.07, 6.45) is 1.31. The van der Waals surface area contributed by atoms with Gasteiger partial charge in [0.2, 0.25) is 0 Å². The fourth-order valence-electron chi connectivity index (χ4n) is 2.06. The zero-order valence-corrected chi connectivity index (χ0v) is 10.1. The molecule has 0 N–H and O–H groups in total. The minimum absolute atomic E-state index is 0.134. The van der Waals surface area contributed by atoms with Crippen molar-refractivity contribution in [2.45, 2.75) is 18.3 Å². The first-order chi connectivity index (χ1) is 8.55. The van der Waals surface area contributed by atoms with Crippen molar-refractivity contribution in [1.82, 2.24) is 0 Å². The number of carbonyl (C=O) groups excluding carboxylic acids is 1. The predicted molar refractivity (Wildman–Crippen MR) is 62.6 cm³/mol. The minimum atomic E-state index is -0.703. The Morgan fingerprint density at radius 3 is 2.50 bits per heavy atom. The fourth-order valence-corrected chi connectivity index (χ4v) is 2.06. The Morgan fingerprint density at radius 2 is 2.06 bits per heavy atom. The van der Waals surface area contributed by atoms with Gasteiger partial charge in [-0.3, -0.25) is 14.9 Å². The van der Waals surface area contributed by atoms with Crippen LogP contribution in [0.5, 0.6) is 5.75 Å². The molecule has 0 aromatic heterocycles. The van der Waals surface area contributed by atoms with E-state index in [0.717, 1.165) is 0 Å². The molecule has 18 heavy (non-hydrogen) atoms. The smallest absolute Gasteiger partial charge is 0.316 e. The lowest BCUT2D eigenvalue weighted by atomic mass is 9.95. The minimum Gasteiger partial charge on any atom is -0.490 e. The number of nitro groups is 1. The zero-order chi connectivity index (χ0) is 13.3. The van der Waals surface area contributed by atoms with E-state index < -0.39 is 10.3 Å². The van der Waals surface area contributed by atoms with Crippen molar-refractivity contribution >= 4 is 11.7 Å². The van der Waals surface area contributed by atoms with Crippen molar-refractivity contribution in [1.29, 1.82) is 0 Å². The van der Waals surface area contributed by atoms with Gasteiger partial charge >= 0.3 is 11.7 Å². The van der Waals surface area contributed by atoms with Gasteiger partial charge in [-0.05, 0) is 24.5 Å². The largest absolute Gasteiger partial charge is 0.490 e. The Kier molecular flexibility index (Phi) is 2.94. The van der Waals surface area contributed by atoms with Crippen LogP contribution in [0.3, 0.4) is 0 Å². The monoisotopic (exact) mass is 251 g/mol. The first kappa shape index (κ1) is 12.3. The summed E-state index contributed by atoms with van der Waals surface area (Å²) in [6, 6.07) is 4.58. The van der Waals surface area contributed by atoms with Crippen LogP contribution in [-0.2, 0) is 14.9 Å². The summed E-state index contributed by atoms with van der Waals surface area (Å²) in [4.78, 5) is 22.1. The topological polar surface area (TPSA) is 78.7 Å². The molecule has 1 saturated carbocycles. The Bertz CT molecular complexity index is 507. The average Bonchev–Trinajstić information content (AvgIpc) is 3.18. The number of ether oxygens (including phenoxy) is 2. The van der Waals surface area contributed by atoms with Crippen LogP contribution in [0.4, 0.5) is 5.69 Å². The second kappa shape index (κ2) is 4.29. The van der Waals surface area contributed by atoms with Gasteiger partial charge < -0.3 is 9.47 Å². The Morgan fingerprint density at radius 1 is 1.39 bits per heavy atom. The molecule has 6 nitrogen and oxygen atoms in total. The highest BCUT2D eigenvalue weighted by Crippen LogP contribution is 2.50. The number of hydrogen-bond donors (Lipinski definition) is 0. The predicted octanol–water partition coefficient (Wildman–Crippen LogP) is 1.81. The Hall–Kier alpha value is -2.11. The van der Waals surface area contributed by atoms with E-state index in [1.165, 1.54) is 26.4 Å². The number of methoxy groups -OCH3 is 2. The van der Waals surface area contributed by atoms with E-state index in [-0.39, 0.29) is 17.4 Å². The van der Waals surface area contributed by atoms with E-state index in [1.807, 2.05) is 0 Å². The zero-order valence-electron chi connectivity index (χ0n) is 10.1. The van der Waals surface area contributed by atoms with Crippen LogP contribution >= 0.6 is 0 Å². The molecule has 1 aromatic carbocycles. The quantitative estimate of drug-likeness (QED) is 0.463. The molecular formula is C12H13NO5. The third-order valence-electron chi connectivity index (χ3n) is 3.25. The molecule has 0 saturated heterocycles. The molecule has 0 bridgehead atoms. The summed E-state index contributed by atoms with van der Waals surface area (Å²) in [7, 11) is 2.69. The van der Waals surface area contributed by atoms with E-state index in [0.29, 0.717) is 18.4 Å². The second-order valence-electron chi connectivity index (χ2n) is 4.22. The number of benzene rings is 1. The maximum absolute atomic E-state index is 11.7. The third-order valence-corrected chi connectivity index (χ3v) is 3.25. The lowest BCUT2D eigenvalue weighted by Crippen LogP contribution is -2.21. The van der Waals surface area contributed by atoms with Crippen molar-refractivity contribution in [3.05, 3.63) is 33.9 Å².